The maximum absolute atomic E-state index is 13.8. The maximum atomic E-state index is 13.8. The number of rotatable bonds is 9. The van der Waals surface area contributed by atoms with Gasteiger partial charge in [-0.25, -0.2) is 0 Å². The van der Waals surface area contributed by atoms with E-state index < -0.39 is 0 Å². The number of likely N-dealkylation sites (N-methyl/N-ethyl adjacent to an activating group) is 1. The summed E-state index contributed by atoms with van der Waals surface area (Å²) in [6.45, 7) is 3.54. The van der Waals surface area contributed by atoms with Crippen molar-refractivity contribution in [2.24, 2.45) is 0 Å². The molecule has 5 nitrogen and oxygen atoms in total. The first-order valence-corrected chi connectivity index (χ1v) is 15.6. The second-order valence-corrected chi connectivity index (χ2v) is 12.6. The van der Waals surface area contributed by atoms with E-state index in [1.807, 2.05) is 55.6 Å². The molecule has 1 fully saturated rings. The summed E-state index contributed by atoms with van der Waals surface area (Å²) in [5, 5.41) is 12.4. The Morgan fingerprint density at radius 2 is 1.67 bits per heavy atom. The lowest BCUT2D eigenvalue weighted by Crippen LogP contribution is -2.36. The number of hydrogen-bond acceptors (Lipinski definition) is 4. The van der Waals surface area contributed by atoms with E-state index in [0.29, 0.717) is 33.6 Å². The summed E-state index contributed by atoms with van der Waals surface area (Å²) >= 11 is 12.7. The SMILES string of the molecule is CN(C[C@@H](CCN1CCC(c2ccccc2N(C)C)CC1)c1ccc(Cl)c(Cl)c1)C(=O)c1cc(C#N)cc2ccccc12. The summed E-state index contributed by atoms with van der Waals surface area (Å²) in [6.07, 6.45) is 3.14. The number of carbonyl (C=O) groups is 1. The van der Waals surface area contributed by atoms with Crippen LogP contribution in [0.15, 0.2) is 78.9 Å². The highest BCUT2D eigenvalue weighted by Crippen LogP contribution is 2.35. The Bertz CT molecular complexity index is 1640. The summed E-state index contributed by atoms with van der Waals surface area (Å²) < 4.78 is 0. The van der Waals surface area contributed by atoms with Crippen LogP contribution in [0.4, 0.5) is 5.69 Å². The van der Waals surface area contributed by atoms with Gasteiger partial charge in [0.05, 0.1) is 21.7 Å². The molecule has 0 radical (unpaired) electrons. The molecular formula is C36H38Cl2N4O. The summed E-state index contributed by atoms with van der Waals surface area (Å²) in [7, 11) is 6.07. The molecule has 1 amide bonds. The van der Waals surface area contributed by atoms with E-state index in [0.717, 1.165) is 55.2 Å². The van der Waals surface area contributed by atoms with Gasteiger partial charge in [-0.05, 0) is 97.0 Å². The standard InChI is InChI=1S/C36H38Cl2N4O/c1-40(2)35-11-7-6-10-31(35)26-14-17-42(18-15-26)19-16-29(27-12-13-33(37)34(38)22-27)24-41(3)36(43)32-21-25(23-39)20-28-8-4-5-9-30(28)32/h4-13,20-22,26,29H,14-19,24H2,1-3H3/t29-/m1/s1. The van der Waals surface area contributed by atoms with Crippen molar-refractivity contribution in [1.82, 2.24) is 9.80 Å². The first-order valence-electron chi connectivity index (χ1n) is 14.9. The van der Waals surface area contributed by atoms with Crippen LogP contribution in [0.3, 0.4) is 0 Å². The van der Waals surface area contributed by atoms with Gasteiger partial charge in [0, 0.05) is 44.9 Å². The van der Waals surface area contributed by atoms with Crippen LogP contribution in [-0.4, -0.2) is 63.0 Å². The average Bonchev–Trinajstić information content (AvgIpc) is 3.03. The predicted molar refractivity (Wildman–Crippen MR) is 179 cm³/mol. The van der Waals surface area contributed by atoms with Gasteiger partial charge in [0.25, 0.3) is 5.91 Å². The first-order chi connectivity index (χ1) is 20.7. The molecule has 222 valence electrons. The zero-order valence-electron chi connectivity index (χ0n) is 25.1. The van der Waals surface area contributed by atoms with E-state index in [2.05, 4.69) is 54.2 Å². The van der Waals surface area contributed by atoms with Crippen molar-refractivity contribution in [2.45, 2.75) is 31.1 Å². The van der Waals surface area contributed by atoms with Gasteiger partial charge in [-0.2, -0.15) is 5.26 Å². The zero-order valence-corrected chi connectivity index (χ0v) is 26.6. The minimum atomic E-state index is -0.0984. The van der Waals surface area contributed by atoms with E-state index in [9.17, 15) is 10.1 Å². The molecule has 1 saturated heterocycles. The normalized spacial score (nSPS) is 14.8. The lowest BCUT2D eigenvalue weighted by Gasteiger charge is -2.35. The van der Waals surface area contributed by atoms with Crippen LogP contribution >= 0.6 is 23.2 Å². The highest BCUT2D eigenvalue weighted by molar-refractivity contribution is 6.42. The van der Waals surface area contributed by atoms with Crippen molar-refractivity contribution in [2.75, 3.05) is 52.2 Å². The lowest BCUT2D eigenvalue weighted by molar-refractivity contribution is 0.0783. The van der Waals surface area contributed by atoms with Gasteiger partial charge in [0.15, 0.2) is 0 Å². The van der Waals surface area contributed by atoms with Crippen LogP contribution in [0.5, 0.6) is 0 Å². The van der Waals surface area contributed by atoms with Crippen LogP contribution in [-0.2, 0) is 0 Å². The molecule has 0 bridgehead atoms. The molecule has 1 aliphatic rings. The number of nitriles is 1. The third-order valence-corrected chi connectivity index (χ3v) is 9.46. The van der Waals surface area contributed by atoms with Crippen molar-refractivity contribution >= 4 is 45.6 Å². The number of hydrogen-bond donors (Lipinski definition) is 0. The monoisotopic (exact) mass is 612 g/mol. The number of nitrogens with zero attached hydrogens (tertiary/aromatic N) is 4. The number of halogens is 2. The van der Waals surface area contributed by atoms with Gasteiger partial charge in [-0.1, -0.05) is 71.7 Å². The molecule has 0 unspecified atom stereocenters. The average molecular weight is 614 g/mol. The molecule has 1 atom stereocenters. The molecule has 4 aromatic rings. The Labute approximate surface area is 265 Å². The fraction of sp³-hybridized carbons (Fsp3) is 0.333. The molecule has 1 aliphatic heterocycles. The van der Waals surface area contributed by atoms with Gasteiger partial charge < -0.3 is 14.7 Å². The summed E-state index contributed by atoms with van der Waals surface area (Å²) in [4.78, 5) is 20.4. The van der Waals surface area contributed by atoms with Crippen LogP contribution < -0.4 is 4.90 Å². The van der Waals surface area contributed by atoms with Crippen LogP contribution in [0.2, 0.25) is 10.0 Å². The quantitative estimate of drug-likeness (QED) is 0.191. The van der Waals surface area contributed by atoms with E-state index >= 15 is 0 Å². The number of amides is 1. The molecule has 1 heterocycles. The van der Waals surface area contributed by atoms with Gasteiger partial charge in [-0.3, -0.25) is 4.79 Å². The highest BCUT2D eigenvalue weighted by atomic mass is 35.5. The van der Waals surface area contributed by atoms with E-state index in [-0.39, 0.29) is 11.8 Å². The number of anilines is 1. The molecule has 0 aliphatic carbocycles. The lowest BCUT2D eigenvalue weighted by atomic mass is 9.87. The topological polar surface area (TPSA) is 50.6 Å². The Hall–Kier alpha value is -3.56. The molecule has 7 heteroatoms. The fourth-order valence-electron chi connectivity index (χ4n) is 6.35. The Morgan fingerprint density at radius 3 is 2.40 bits per heavy atom. The largest absolute Gasteiger partial charge is 0.377 e. The minimum Gasteiger partial charge on any atom is -0.377 e. The van der Waals surface area contributed by atoms with Crippen LogP contribution in [0.25, 0.3) is 10.8 Å². The number of carbonyl (C=O) groups excluding carboxylic acids is 1. The van der Waals surface area contributed by atoms with Crippen LogP contribution in [0.1, 0.15) is 58.1 Å². The zero-order chi connectivity index (χ0) is 30.5. The van der Waals surface area contributed by atoms with Gasteiger partial charge in [0.1, 0.15) is 0 Å². The number of para-hydroxylation sites is 1. The van der Waals surface area contributed by atoms with Crippen molar-refractivity contribution in [3.8, 4) is 6.07 Å². The van der Waals surface area contributed by atoms with Crippen molar-refractivity contribution in [3.63, 3.8) is 0 Å². The molecule has 0 saturated carbocycles. The second-order valence-electron chi connectivity index (χ2n) is 11.8. The third-order valence-electron chi connectivity index (χ3n) is 8.72. The smallest absolute Gasteiger partial charge is 0.254 e. The van der Waals surface area contributed by atoms with E-state index in [4.69, 9.17) is 23.2 Å². The van der Waals surface area contributed by atoms with Crippen molar-refractivity contribution in [3.05, 3.63) is 111 Å². The van der Waals surface area contributed by atoms with Gasteiger partial charge in [-0.15, -0.1) is 0 Å². The Kier molecular flexibility index (Phi) is 9.93. The number of fused-ring (bicyclic) bond motifs is 1. The molecule has 0 aromatic heterocycles. The maximum Gasteiger partial charge on any atom is 0.254 e. The second kappa shape index (κ2) is 13.8. The minimum absolute atomic E-state index is 0.0707. The molecule has 4 aromatic carbocycles. The Morgan fingerprint density at radius 1 is 0.953 bits per heavy atom. The molecule has 0 spiro atoms. The fourth-order valence-corrected chi connectivity index (χ4v) is 6.65. The molecule has 0 N–H and O–H groups in total. The number of piperidine rings is 1. The predicted octanol–water partition coefficient (Wildman–Crippen LogP) is 8.21. The van der Waals surface area contributed by atoms with Crippen molar-refractivity contribution in [1.29, 1.82) is 5.26 Å². The van der Waals surface area contributed by atoms with Gasteiger partial charge >= 0.3 is 0 Å². The van der Waals surface area contributed by atoms with Gasteiger partial charge in [0.2, 0.25) is 0 Å². The summed E-state index contributed by atoms with van der Waals surface area (Å²) in [6, 6.07) is 28.0. The number of benzene rings is 4. The molecular weight excluding hydrogens is 575 g/mol. The molecule has 5 rings (SSSR count). The van der Waals surface area contributed by atoms with E-state index in [1.54, 1.807) is 11.0 Å². The third kappa shape index (κ3) is 7.16. The number of likely N-dealkylation sites (tertiary alicyclic amines) is 1. The van der Waals surface area contributed by atoms with Crippen LogP contribution in [0, 0.1) is 11.3 Å². The van der Waals surface area contributed by atoms with E-state index in [1.165, 1.54) is 11.3 Å². The summed E-state index contributed by atoms with van der Waals surface area (Å²) in [5.41, 5.74) is 4.84. The summed E-state index contributed by atoms with van der Waals surface area (Å²) in [5.74, 6) is 0.531. The first kappa shape index (κ1) is 30.9. The highest BCUT2D eigenvalue weighted by Gasteiger charge is 2.26. The Balaban J connectivity index is 1.30. The molecule has 43 heavy (non-hydrogen) atoms. The van der Waals surface area contributed by atoms with Crippen molar-refractivity contribution < 1.29 is 4.79 Å².